The van der Waals surface area contributed by atoms with Crippen molar-refractivity contribution >= 4 is 27.3 Å². The second kappa shape index (κ2) is 4.63. The Hall–Kier alpha value is -1.07. The van der Waals surface area contributed by atoms with Crippen LogP contribution in [0.4, 0.5) is 0 Å². The first-order chi connectivity index (χ1) is 7.25. The van der Waals surface area contributed by atoms with Crippen molar-refractivity contribution in [3.05, 3.63) is 39.3 Å². The molecular formula is C10H8BrNO2S. The molecule has 2 aromatic rings. The minimum Gasteiger partial charge on any atom is -0.504 e. The van der Waals surface area contributed by atoms with Crippen molar-refractivity contribution in [2.75, 3.05) is 0 Å². The van der Waals surface area contributed by atoms with Crippen LogP contribution in [0.2, 0.25) is 0 Å². The summed E-state index contributed by atoms with van der Waals surface area (Å²) < 4.78 is 6.24. The van der Waals surface area contributed by atoms with Crippen molar-refractivity contribution in [2.45, 2.75) is 6.61 Å². The van der Waals surface area contributed by atoms with Crippen LogP contribution >= 0.6 is 27.3 Å². The molecule has 3 nitrogen and oxygen atoms in total. The molecule has 0 spiro atoms. The van der Waals surface area contributed by atoms with E-state index < -0.39 is 0 Å². The number of rotatable bonds is 3. The molecule has 1 heterocycles. The number of aromatic hydroxyl groups is 1. The third-order valence-electron chi connectivity index (χ3n) is 1.76. The molecule has 0 aliphatic carbocycles. The summed E-state index contributed by atoms with van der Waals surface area (Å²) in [5.41, 5.74) is 0.843. The summed E-state index contributed by atoms with van der Waals surface area (Å²) in [6.07, 6.45) is 0. The summed E-state index contributed by atoms with van der Waals surface area (Å²) in [5.74, 6) is 0.619. The van der Waals surface area contributed by atoms with Gasteiger partial charge in [-0.05, 0) is 28.1 Å². The summed E-state index contributed by atoms with van der Waals surface area (Å²) in [5, 5.41) is 11.3. The van der Waals surface area contributed by atoms with Gasteiger partial charge in [-0.1, -0.05) is 12.1 Å². The maximum Gasteiger partial charge on any atom is 0.161 e. The quantitative estimate of drug-likeness (QED) is 0.942. The number of phenols is 1. The zero-order chi connectivity index (χ0) is 10.7. The molecule has 0 aliphatic heterocycles. The van der Waals surface area contributed by atoms with Crippen LogP contribution in [0.3, 0.4) is 0 Å². The zero-order valence-corrected chi connectivity index (χ0v) is 10.1. The molecule has 2 rings (SSSR count). The Morgan fingerprint density at radius 2 is 2.20 bits per heavy atom. The summed E-state index contributed by atoms with van der Waals surface area (Å²) in [4.78, 5) is 4.18. The van der Waals surface area contributed by atoms with Gasteiger partial charge in [-0.25, -0.2) is 4.98 Å². The highest BCUT2D eigenvalue weighted by atomic mass is 79.9. The van der Waals surface area contributed by atoms with E-state index in [-0.39, 0.29) is 5.75 Å². The highest BCUT2D eigenvalue weighted by Gasteiger charge is 2.03. The van der Waals surface area contributed by atoms with Gasteiger partial charge in [0.1, 0.15) is 6.61 Å². The molecule has 0 saturated carbocycles. The van der Waals surface area contributed by atoms with Crippen LogP contribution in [0.25, 0.3) is 0 Å². The molecule has 5 heteroatoms. The first-order valence-corrected chi connectivity index (χ1v) is 5.93. The first-order valence-electron chi connectivity index (χ1n) is 4.26. The third kappa shape index (κ3) is 2.70. The summed E-state index contributed by atoms with van der Waals surface area (Å²) >= 11 is 4.78. The van der Waals surface area contributed by atoms with E-state index in [4.69, 9.17) is 4.74 Å². The minimum atomic E-state index is 0.145. The van der Waals surface area contributed by atoms with Crippen LogP contribution in [0, 0.1) is 0 Å². The van der Waals surface area contributed by atoms with Crippen LogP contribution in [0.1, 0.15) is 5.69 Å². The van der Waals surface area contributed by atoms with Crippen LogP contribution < -0.4 is 4.74 Å². The Morgan fingerprint density at radius 1 is 1.40 bits per heavy atom. The Morgan fingerprint density at radius 3 is 2.87 bits per heavy atom. The fourth-order valence-electron chi connectivity index (χ4n) is 1.08. The van der Waals surface area contributed by atoms with E-state index in [9.17, 15) is 5.11 Å². The molecule has 1 aromatic carbocycles. The van der Waals surface area contributed by atoms with E-state index >= 15 is 0 Å². The second-order valence-electron chi connectivity index (χ2n) is 2.85. The van der Waals surface area contributed by atoms with Crippen LogP contribution in [-0.4, -0.2) is 10.1 Å². The lowest BCUT2D eigenvalue weighted by Crippen LogP contribution is -1.95. The number of hydrogen-bond acceptors (Lipinski definition) is 4. The van der Waals surface area contributed by atoms with E-state index in [2.05, 4.69) is 20.9 Å². The predicted molar refractivity (Wildman–Crippen MR) is 62.3 cm³/mol. The lowest BCUT2D eigenvalue weighted by Gasteiger charge is -2.05. The van der Waals surface area contributed by atoms with Gasteiger partial charge in [-0.15, -0.1) is 11.3 Å². The van der Waals surface area contributed by atoms with Gasteiger partial charge in [0.05, 0.1) is 5.69 Å². The third-order valence-corrected chi connectivity index (χ3v) is 3.18. The Bertz CT molecular complexity index is 458. The SMILES string of the molecule is Oc1ccccc1OCc1csc(Br)n1. The predicted octanol–water partition coefficient (Wildman–Crippen LogP) is 3.19. The zero-order valence-electron chi connectivity index (χ0n) is 7.68. The van der Waals surface area contributed by atoms with Gasteiger partial charge in [-0.3, -0.25) is 0 Å². The molecule has 0 amide bonds. The van der Waals surface area contributed by atoms with Crippen LogP contribution in [0.15, 0.2) is 33.6 Å². The molecular weight excluding hydrogens is 278 g/mol. The molecule has 0 unspecified atom stereocenters. The van der Waals surface area contributed by atoms with Crippen molar-refractivity contribution in [3.63, 3.8) is 0 Å². The molecule has 0 radical (unpaired) electrons. The number of benzene rings is 1. The average Bonchev–Trinajstić information content (AvgIpc) is 2.63. The topological polar surface area (TPSA) is 42.4 Å². The van der Waals surface area contributed by atoms with Gasteiger partial charge in [0, 0.05) is 5.38 Å². The molecule has 0 fully saturated rings. The van der Waals surface area contributed by atoms with E-state index in [0.717, 1.165) is 9.61 Å². The summed E-state index contributed by atoms with van der Waals surface area (Å²) in [6.45, 7) is 0.361. The number of hydrogen-bond donors (Lipinski definition) is 1. The highest BCUT2D eigenvalue weighted by molar-refractivity contribution is 9.11. The van der Waals surface area contributed by atoms with Gasteiger partial charge in [0.25, 0.3) is 0 Å². The fraction of sp³-hybridized carbons (Fsp3) is 0.100. The smallest absolute Gasteiger partial charge is 0.161 e. The minimum absolute atomic E-state index is 0.145. The van der Waals surface area contributed by atoms with E-state index in [1.165, 1.54) is 11.3 Å². The standard InChI is InChI=1S/C10H8BrNO2S/c11-10-12-7(6-15-10)5-14-9-4-2-1-3-8(9)13/h1-4,6,13H,5H2. The van der Waals surface area contributed by atoms with Gasteiger partial charge in [0.15, 0.2) is 15.4 Å². The number of ether oxygens (including phenoxy) is 1. The lowest BCUT2D eigenvalue weighted by molar-refractivity contribution is 0.285. The van der Waals surface area contributed by atoms with Crippen molar-refractivity contribution in [1.29, 1.82) is 0 Å². The van der Waals surface area contributed by atoms with Crippen molar-refractivity contribution in [1.82, 2.24) is 4.98 Å². The molecule has 0 aliphatic rings. The van der Waals surface area contributed by atoms with Gasteiger partial charge >= 0.3 is 0 Å². The Kier molecular flexibility index (Phi) is 3.23. The molecule has 1 N–H and O–H groups in total. The van der Waals surface area contributed by atoms with Crippen LogP contribution in [-0.2, 0) is 6.61 Å². The van der Waals surface area contributed by atoms with Gasteiger partial charge in [-0.2, -0.15) is 0 Å². The largest absolute Gasteiger partial charge is 0.504 e. The first kappa shape index (κ1) is 10.4. The molecule has 1 aromatic heterocycles. The van der Waals surface area contributed by atoms with Crippen molar-refractivity contribution < 1.29 is 9.84 Å². The van der Waals surface area contributed by atoms with Crippen molar-refractivity contribution in [3.8, 4) is 11.5 Å². The monoisotopic (exact) mass is 285 g/mol. The van der Waals surface area contributed by atoms with Crippen molar-refractivity contribution in [2.24, 2.45) is 0 Å². The van der Waals surface area contributed by atoms with E-state index in [1.54, 1.807) is 18.2 Å². The number of halogens is 1. The van der Waals surface area contributed by atoms with Gasteiger partial charge < -0.3 is 9.84 Å². The Balaban J connectivity index is 2.02. The number of phenolic OH excluding ortho intramolecular Hbond substituents is 1. The number of para-hydroxylation sites is 2. The maximum absolute atomic E-state index is 9.44. The Labute approximate surface area is 99.5 Å². The van der Waals surface area contributed by atoms with Gasteiger partial charge in [0.2, 0.25) is 0 Å². The van der Waals surface area contributed by atoms with Crippen LogP contribution in [0.5, 0.6) is 11.5 Å². The molecule has 0 saturated heterocycles. The van der Waals surface area contributed by atoms with E-state index in [0.29, 0.717) is 12.4 Å². The normalized spacial score (nSPS) is 10.2. The fourth-order valence-corrected chi connectivity index (χ4v) is 2.11. The number of nitrogens with zero attached hydrogens (tertiary/aromatic N) is 1. The molecule has 0 atom stereocenters. The number of thiazole rings is 1. The second-order valence-corrected chi connectivity index (χ2v) is 4.98. The highest BCUT2D eigenvalue weighted by Crippen LogP contribution is 2.25. The maximum atomic E-state index is 9.44. The summed E-state index contributed by atoms with van der Waals surface area (Å²) in [7, 11) is 0. The number of aromatic nitrogens is 1. The van der Waals surface area contributed by atoms with E-state index in [1.807, 2.05) is 11.4 Å². The molecule has 78 valence electrons. The average molecular weight is 286 g/mol. The molecule has 15 heavy (non-hydrogen) atoms. The summed E-state index contributed by atoms with van der Waals surface area (Å²) in [6, 6.07) is 6.87. The lowest BCUT2D eigenvalue weighted by atomic mass is 10.3. The molecule has 0 bridgehead atoms.